The van der Waals surface area contributed by atoms with Crippen molar-refractivity contribution in [2.24, 2.45) is 11.3 Å². The van der Waals surface area contributed by atoms with Crippen molar-refractivity contribution in [3.8, 4) is 0 Å². The van der Waals surface area contributed by atoms with Crippen molar-refractivity contribution in [3.05, 3.63) is 0 Å². The van der Waals surface area contributed by atoms with E-state index in [1.807, 2.05) is 20.8 Å². The van der Waals surface area contributed by atoms with Crippen molar-refractivity contribution in [2.75, 3.05) is 20.6 Å². The molecule has 1 atom stereocenters. The van der Waals surface area contributed by atoms with Crippen LogP contribution in [0.2, 0.25) is 0 Å². The Balaban J connectivity index is 0.000000292. The van der Waals surface area contributed by atoms with Crippen LogP contribution in [-0.4, -0.2) is 31.3 Å². The topological polar surface area (TPSA) is 20.3 Å². The summed E-state index contributed by atoms with van der Waals surface area (Å²) >= 11 is 0. The first-order chi connectivity index (χ1) is 6.31. The molecule has 0 heterocycles. The monoisotopic (exact) mass is 199 g/mol. The maximum Gasteiger partial charge on any atom is 0.141 e. The van der Waals surface area contributed by atoms with E-state index in [1.165, 1.54) is 0 Å². The second-order valence-electron chi connectivity index (χ2n) is 5.08. The molecule has 2 heteroatoms. The normalized spacial score (nSPS) is 24.8. The Morgan fingerprint density at radius 3 is 1.93 bits per heavy atom. The highest BCUT2D eigenvalue weighted by molar-refractivity contribution is 5.87. The molecule has 14 heavy (non-hydrogen) atoms. The first-order valence-electron chi connectivity index (χ1n) is 5.50. The van der Waals surface area contributed by atoms with Crippen molar-refractivity contribution >= 4 is 5.78 Å². The molecule has 2 nitrogen and oxygen atoms in total. The molecule has 0 bridgehead atoms. The maximum atomic E-state index is 11.2. The summed E-state index contributed by atoms with van der Waals surface area (Å²) in [5.74, 6) is 0.766. The fraction of sp³-hybridized carbons (Fsp3) is 0.917. The van der Waals surface area contributed by atoms with Gasteiger partial charge in [0.05, 0.1) is 0 Å². The van der Waals surface area contributed by atoms with E-state index in [1.54, 1.807) is 0 Å². The third-order valence-electron chi connectivity index (χ3n) is 2.95. The molecule has 1 saturated carbocycles. The van der Waals surface area contributed by atoms with Gasteiger partial charge in [-0.1, -0.05) is 27.7 Å². The fourth-order valence-electron chi connectivity index (χ4n) is 1.50. The van der Waals surface area contributed by atoms with Crippen LogP contribution < -0.4 is 0 Å². The van der Waals surface area contributed by atoms with Gasteiger partial charge in [0.25, 0.3) is 0 Å². The molecule has 0 aliphatic heterocycles. The summed E-state index contributed by atoms with van der Waals surface area (Å²) in [4.78, 5) is 13.4. The van der Waals surface area contributed by atoms with Crippen molar-refractivity contribution in [2.45, 2.75) is 40.5 Å². The number of hydrogen-bond acceptors (Lipinski definition) is 2. The lowest BCUT2D eigenvalue weighted by Gasteiger charge is -2.13. The van der Waals surface area contributed by atoms with Crippen LogP contribution in [0, 0.1) is 11.3 Å². The minimum Gasteiger partial charge on any atom is -0.310 e. The highest BCUT2D eigenvalue weighted by Crippen LogP contribution is 2.36. The zero-order chi connectivity index (χ0) is 11.4. The first kappa shape index (κ1) is 13.6. The lowest BCUT2D eigenvalue weighted by Crippen LogP contribution is -2.19. The van der Waals surface area contributed by atoms with Crippen molar-refractivity contribution in [1.29, 1.82) is 0 Å². The average molecular weight is 199 g/mol. The summed E-state index contributed by atoms with van der Waals surface area (Å²) in [5.41, 5.74) is -0.0145. The highest BCUT2D eigenvalue weighted by atomic mass is 16.1. The van der Waals surface area contributed by atoms with Gasteiger partial charge in [-0.25, -0.2) is 0 Å². The van der Waals surface area contributed by atoms with Crippen LogP contribution in [0.4, 0.5) is 0 Å². The second-order valence-corrected chi connectivity index (χ2v) is 5.08. The lowest BCUT2D eigenvalue weighted by molar-refractivity contribution is -0.127. The standard InChI is InChI=1S/C8H14O.C4H11N/c1-6-4-5-8(2,3)7(6)9;1-4-5(2)3/h6H,4-5H2,1-3H3;4H2,1-3H3. The Morgan fingerprint density at radius 2 is 1.86 bits per heavy atom. The number of rotatable bonds is 1. The van der Waals surface area contributed by atoms with Gasteiger partial charge in [0.15, 0.2) is 0 Å². The minimum atomic E-state index is -0.0145. The zero-order valence-corrected chi connectivity index (χ0v) is 10.6. The summed E-state index contributed by atoms with van der Waals surface area (Å²) in [7, 11) is 4.11. The van der Waals surface area contributed by atoms with Crippen LogP contribution in [0.25, 0.3) is 0 Å². The van der Waals surface area contributed by atoms with E-state index in [9.17, 15) is 4.79 Å². The van der Waals surface area contributed by atoms with Crippen LogP contribution in [0.3, 0.4) is 0 Å². The molecule has 1 aliphatic carbocycles. The molecule has 1 aliphatic rings. The van der Waals surface area contributed by atoms with E-state index < -0.39 is 0 Å². The molecule has 0 aromatic carbocycles. The molecule has 1 rings (SSSR count). The summed E-state index contributed by atoms with van der Waals surface area (Å²) in [6.07, 6.45) is 2.17. The molecular formula is C12H25NO. The van der Waals surface area contributed by atoms with Gasteiger partial charge in [0.1, 0.15) is 5.78 Å². The first-order valence-corrected chi connectivity index (χ1v) is 5.50. The highest BCUT2D eigenvalue weighted by Gasteiger charge is 2.37. The number of Topliss-reactive ketones (excluding diaryl/α,β-unsaturated/α-hetero) is 1. The smallest absolute Gasteiger partial charge is 0.141 e. The van der Waals surface area contributed by atoms with Gasteiger partial charge in [-0.3, -0.25) is 4.79 Å². The Morgan fingerprint density at radius 1 is 1.43 bits per heavy atom. The third-order valence-corrected chi connectivity index (χ3v) is 2.95. The van der Waals surface area contributed by atoms with Crippen molar-refractivity contribution in [3.63, 3.8) is 0 Å². The molecule has 0 aromatic heterocycles. The third kappa shape index (κ3) is 4.23. The zero-order valence-electron chi connectivity index (χ0n) is 10.6. The summed E-state index contributed by atoms with van der Waals surface area (Å²) in [6.45, 7) is 9.37. The predicted molar refractivity (Wildman–Crippen MR) is 61.4 cm³/mol. The number of ketones is 1. The van der Waals surface area contributed by atoms with Gasteiger partial charge in [0.2, 0.25) is 0 Å². The molecule has 0 spiro atoms. The Bertz CT molecular complexity index is 185. The molecule has 0 aromatic rings. The molecule has 0 amide bonds. The van der Waals surface area contributed by atoms with Crippen molar-refractivity contribution in [1.82, 2.24) is 4.90 Å². The van der Waals surface area contributed by atoms with Gasteiger partial charge in [0, 0.05) is 11.3 Å². The quantitative estimate of drug-likeness (QED) is 0.647. The molecular weight excluding hydrogens is 174 g/mol. The van der Waals surface area contributed by atoms with Crippen LogP contribution in [0.15, 0.2) is 0 Å². The minimum absolute atomic E-state index is 0.0145. The van der Waals surface area contributed by atoms with Gasteiger partial charge in [-0.15, -0.1) is 0 Å². The molecule has 0 N–H and O–H groups in total. The Labute approximate surface area is 88.7 Å². The predicted octanol–water partition coefficient (Wildman–Crippen LogP) is 2.58. The maximum absolute atomic E-state index is 11.2. The molecule has 1 unspecified atom stereocenters. The van der Waals surface area contributed by atoms with Crippen LogP contribution in [0.1, 0.15) is 40.5 Å². The van der Waals surface area contributed by atoms with Crippen LogP contribution >= 0.6 is 0 Å². The van der Waals surface area contributed by atoms with E-state index in [4.69, 9.17) is 0 Å². The number of hydrogen-bond donors (Lipinski definition) is 0. The van der Waals surface area contributed by atoms with E-state index in [0.29, 0.717) is 11.7 Å². The largest absolute Gasteiger partial charge is 0.310 e. The van der Waals surface area contributed by atoms with Crippen LogP contribution in [0.5, 0.6) is 0 Å². The molecule has 0 saturated heterocycles. The number of carbonyl (C=O) groups is 1. The van der Waals surface area contributed by atoms with E-state index in [-0.39, 0.29) is 5.41 Å². The van der Waals surface area contributed by atoms with E-state index in [2.05, 4.69) is 25.9 Å². The SMILES string of the molecule is CC1CCC(C)(C)C1=O.CCN(C)C. The summed E-state index contributed by atoms with van der Waals surface area (Å²) in [6, 6.07) is 0. The van der Waals surface area contributed by atoms with Crippen LogP contribution in [-0.2, 0) is 4.79 Å². The number of nitrogens with zero attached hydrogens (tertiary/aromatic N) is 1. The Hall–Kier alpha value is -0.370. The van der Waals surface area contributed by atoms with E-state index in [0.717, 1.165) is 19.4 Å². The van der Waals surface area contributed by atoms with Gasteiger partial charge < -0.3 is 4.90 Å². The van der Waals surface area contributed by atoms with Gasteiger partial charge in [-0.05, 0) is 33.5 Å². The second kappa shape index (κ2) is 5.50. The molecule has 1 fully saturated rings. The Kier molecular flexibility index (Phi) is 5.35. The summed E-state index contributed by atoms with van der Waals surface area (Å²) in [5, 5.41) is 0. The van der Waals surface area contributed by atoms with E-state index >= 15 is 0 Å². The number of carbonyl (C=O) groups excluding carboxylic acids is 1. The van der Waals surface area contributed by atoms with Gasteiger partial charge in [-0.2, -0.15) is 0 Å². The average Bonchev–Trinajstić information content (AvgIpc) is 2.34. The van der Waals surface area contributed by atoms with Gasteiger partial charge >= 0.3 is 0 Å². The molecule has 84 valence electrons. The lowest BCUT2D eigenvalue weighted by atomic mass is 9.89. The fourth-order valence-corrected chi connectivity index (χ4v) is 1.50. The van der Waals surface area contributed by atoms with Crippen molar-refractivity contribution < 1.29 is 4.79 Å². The molecule has 0 radical (unpaired) electrons. The summed E-state index contributed by atoms with van der Waals surface area (Å²) < 4.78 is 0.